The molecular weight excluding hydrogens is 262 g/mol. The van der Waals surface area contributed by atoms with Crippen LogP contribution in [0.4, 0.5) is 0 Å². The molecule has 2 aromatic rings. The lowest BCUT2D eigenvalue weighted by Crippen LogP contribution is -2.33. The zero-order chi connectivity index (χ0) is 14.7. The molecule has 1 aromatic carbocycles. The lowest BCUT2D eigenvalue weighted by molar-refractivity contribution is 0.198. The molecular formula is C17H25N3O. The Kier molecular flexibility index (Phi) is 4.56. The molecule has 114 valence electrons. The van der Waals surface area contributed by atoms with Gasteiger partial charge in [0, 0.05) is 5.92 Å². The summed E-state index contributed by atoms with van der Waals surface area (Å²) in [7, 11) is 0. The number of unbranched alkanes of at least 4 members (excludes halogenated alkanes) is 1. The van der Waals surface area contributed by atoms with Crippen LogP contribution in [0.1, 0.15) is 43.1 Å². The number of fused-ring (bicyclic) bond motifs is 1. The van der Waals surface area contributed by atoms with E-state index in [1.54, 1.807) is 0 Å². The van der Waals surface area contributed by atoms with Gasteiger partial charge in [0.1, 0.15) is 5.52 Å². The largest absolute Gasteiger partial charge is 0.440 e. The van der Waals surface area contributed by atoms with Crippen LogP contribution in [0.5, 0.6) is 0 Å². The summed E-state index contributed by atoms with van der Waals surface area (Å²) in [5.74, 6) is 1.40. The maximum absolute atomic E-state index is 5.95. The number of aromatic nitrogens is 1. The van der Waals surface area contributed by atoms with E-state index in [-0.39, 0.29) is 0 Å². The zero-order valence-corrected chi connectivity index (χ0v) is 12.8. The Bertz CT molecular complexity index is 585. The van der Waals surface area contributed by atoms with Crippen LogP contribution in [0.2, 0.25) is 0 Å². The summed E-state index contributed by atoms with van der Waals surface area (Å²) in [6.45, 7) is 6.36. The van der Waals surface area contributed by atoms with Crippen LogP contribution in [0.15, 0.2) is 22.6 Å². The van der Waals surface area contributed by atoms with Gasteiger partial charge < -0.3 is 15.1 Å². The van der Waals surface area contributed by atoms with E-state index in [0.717, 1.165) is 55.9 Å². The molecule has 1 aliphatic heterocycles. The van der Waals surface area contributed by atoms with E-state index in [2.05, 4.69) is 24.0 Å². The van der Waals surface area contributed by atoms with Crippen molar-refractivity contribution in [2.24, 2.45) is 5.73 Å². The molecule has 4 heteroatoms. The molecule has 1 saturated heterocycles. The standard InChI is InChI=1S/C17H25N3O/c1-13-4-5-16-15(12-13)19-17(21-16)14-6-10-20(11-7-14)9-3-2-8-18/h4-5,12,14H,2-3,6-11,18H2,1H3. The molecule has 1 aromatic heterocycles. The fraction of sp³-hybridized carbons (Fsp3) is 0.588. The topological polar surface area (TPSA) is 55.3 Å². The van der Waals surface area contributed by atoms with Crippen molar-refractivity contribution < 1.29 is 4.42 Å². The van der Waals surface area contributed by atoms with Crippen molar-refractivity contribution in [3.05, 3.63) is 29.7 Å². The second-order valence-electron chi connectivity index (χ2n) is 6.13. The SMILES string of the molecule is Cc1ccc2oc(C3CCN(CCCCN)CC3)nc2c1. The first kappa shape index (κ1) is 14.5. The molecule has 4 nitrogen and oxygen atoms in total. The van der Waals surface area contributed by atoms with Crippen molar-refractivity contribution in [2.75, 3.05) is 26.2 Å². The molecule has 1 fully saturated rings. The number of hydrogen-bond donors (Lipinski definition) is 1. The van der Waals surface area contributed by atoms with Crippen molar-refractivity contribution in [3.8, 4) is 0 Å². The molecule has 0 saturated carbocycles. The number of nitrogens with two attached hydrogens (primary N) is 1. The van der Waals surface area contributed by atoms with Gasteiger partial charge in [0.05, 0.1) is 0 Å². The van der Waals surface area contributed by atoms with Crippen molar-refractivity contribution in [1.29, 1.82) is 0 Å². The van der Waals surface area contributed by atoms with Crippen LogP contribution in [-0.2, 0) is 0 Å². The van der Waals surface area contributed by atoms with Crippen molar-refractivity contribution in [2.45, 2.75) is 38.5 Å². The average molecular weight is 287 g/mol. The van der Waals surface area contributed by atoms with Crippen LogP contribution in [0.3, 0.4) is 0 Å². The molecule has 0 aliphatic carbocycles. The van der Waals surface area contributed by atoms with Gasteiger partial charge in [-0.2, -0.15) is 0 Å². The average Bonchev–Trinajstić information content (AvgIpc) is 2.91. The zero-order valence-electron chi connectivity index (χ0n) is 12.8. The number of nitrogens with zero attached hydrogens (tertiary/aromatic N) is 2. The Labute approximate surface area is 126 Å². The van der Waals surface area contributed by atoms with Gasteiger partial charge in [0.25, 0.3) is 0 Å². The smallest absolute Gasteiger partial charge is 0.198 e. The van der Waals surface area contributed by atoms with Gasteiger partial charge in [-0.3, -0.25) is 0 Å². The van der Waals surface area contributed by atoms with Crippen LogP contribution < -0.4 is 5.73 Å². The van der Waals surface area contributed by atoms with Gasteiger partial charge in [-0.25, -0.2) is 4.98 Å². The van der Waals surface area contributed by atoms with Crippen molar-refractivity contribution >= 4 is 11.1 Å². The highest BCUT2D eigenvalue weighted by atomic mass is 16.3. The van der Waals surface area contributed by atoms with Crippen LogP contribution in [0.25, 0.3) is 11.1 Å². The number of oxazole rings is 1. The van der Waals surface area contributed by atoms with E-state index in [4.69, 9.17) is 15.1 Å². The first-order valence-electron chi connectivity index (χ1n) is 8.06. The van der Waals surface area contributed by atoms with E-state index in [0.29, 0.717) is 5.92 Å². The van der Waals surface area contributed by atoms with Gasteiger partial charge in [-0.05, 0) is 76.5 Å². The summed E-state index contributed by atoms with van der Waals surface area (Å²) >= 11 is 0. The fourth-order valence-corrected chi connectivity index (χ4v) is 3.11. The van der Waals surface area contributed by atoms with E-state index in [9.17, 15) is 0 Å². The molecule has 21 heavy (non-hydrogen) atoms. The Morgan fingerprint density at radius 2 is 2.10 bits per heavy atom. The van der Waals surface area contributed by atoms with Crippen LogP contribution in [0, 0.1) is 6.92 Å². The molecule has 0 bridgehead atoms. The molecule has 0 spiro atoms. The van der Waals surface area contributed by atoms with Gasteiger partial charge in [0.15, 0.2) is 11.5 Å². The quantitative estimate of drug-likeness (QED) is 0.859. The first-order valence-corrected chi connectivity index (χ1v) is 8.06. The Balaban J connectivity index is 1.60. The van der Waals surface area contributed by atoms with Gasteiger partial charge >= 0.3 is 0 Å². The number of aryl methyl sites for hydroxylation is 1. The minimum atomic E-state index is 0.475. The summed E-state index contributed by atoms with van der Waals surface area (Å²) in [5.41, 5.74) is 8.70. The summed E-state index contributed by atoms with van der Waals surface area (Å²) in [4.78, 5) is 7.24. The highest BCUT2D eigenvalue weighted by Crippen LogP contribution is 2.30. The van der Waals surface area contributed by atoms with Crippen molar-refractivity contribution in [1.82, 2.24) is 9.88 Å². The Morgan fingerprint density at radius 3 is 2.86 bits per heavy atom. The monoisotopic (exact) mass is 287 g/mol. The van der Waals surface area contributed by atoms with E-state index in [1.165, 1.54) is 18.5 Å². The fourth-order valence-electron chi connectivity index (χ4n) is 3.11. The van der Waals surface area contributed by atoms with Gasteiger partial charge in [-0.15, -0.1) is 0 Å². The third-order valence-corrected chi connectivity index (χ3v) is 4.42. The van der Waals surface area contributed by atoms with E-state index in [1.807, 2.05) is 6.07 Å². The number of piperidine rings is 1. The second-order valence-corrected chi connectivity index (χ2v) is 6.13. The molecule has 0 amide bonds. The van der Waals surface area contributed by atoms with Gasteiger partial charge in [-0.1, -0.05) is 6.07 Å². The highest BCUT2D eigenvalue weighted by molar-refractivity contribution is 5.73. The summed E-state index contributed by atoms with van der Waals surface area (Å²) < 4.78 is 5.95. The van der Waals surface area contributed by atoms with Gasteiger partial charge in [0.2, 0.25) is 0 Å². The third-order valence-electron chi connectivity index (χ3n) is 4.42. The lowest BCUT2D eigenvalue weighted by Gasteiger charge is -2.30. The number of hydrogen-bond acceptors (Lipinski definition) is 4. The van der Waals surface area contributed by atoms with E-state index >= 15 is 0 Å². The third kappa shape index (κ3) is 3.44. The molecule has 2 heterocycles. The van der Waals surface area contributed by atoms with Crippen LogP contribution >= 0.6 is 0 Å². The number of likely N-dealkylation sites (tertiary alicyclic amines) is 1. The molecule has 1 aliphatic rings. The van der Waals surface area contributed by atoms with Crippen molar-refractivity contribution in [3.63, 3.8) is 0 Å². The molecule has 0 atom stereocenters. The lowest BCUT2D eigenvalue weighted by atomic mass is 9.96. The molecule has 0 radical (unpaired) electrons. The normalized spacial score (nSPS) is 17.6. The molecule has 3 rings (SSSR count). The minimum absolute atomic E-state index is 0.475. The summed E-state index contributed by atoms with van der Waals surface area (Å²) in [6.07, 6.45) is 4.64. The second kappa shape index (κ2) is 6.58. The predicted octanol–water partition coefficient (Wildman–Crippen LogP) is 3.05. The summed E-state index contributed by atoms with van der Waals surface area (Å²) in [6, 6.07) is 6.21. The highest BCUT2D eigenvalue weighted by Gasteiger charge is 2.24. The predicted molar refractivity (Wildman–Crippen MR) is 85.4 cm³/mol. The van der Waals surface area contributed by atoms with E-state index < -0.39 is 0 Å². The molecule has 0 unspecified atom stereocenters. The maximum Gasteiger partial charge on any atom is 0.198 e. The maximum atomic E-state index is 5.95. The van der Waals surface area contributed by atoms with Crippen LogP contribution in [-0.4, -0.2) is 36.1 Å². The molecule has 2 N–H and O–H groups in total. The number of rotatable bonds is 5. The minimum Gasteiger partial charge on any atom is -0.440 e. The number of benzene rings is 1. The Morgan fingerprint density at radius 1 is 1.29 bits per heavy atom. The Hall–Kier alpha value is -1.39. The first-order chi connectivity index (χ1) is 10.3. The summed E-state index contributed by atoms with van der Waals surface area (Å²) in [5, 5.41) is 0.